The maximum atomic E-state index is 11.4. The number of rotatable bonds is 2. The fourth-order valence-electron chi connectivity index (χ4n) is 5.37. The highest BCUT2D eigenvalue weighted by Crippen LogP contribution is 2.67. The molecule has 3 aliphatic rings. The van der Waals surface area contributed by atoms with E-state index in [2.05, 4.69) is 27.7 Å². The quantitative estimate of drug-likeness (QED) is 0.723. The molecular weight excluding hydrogens is 252 g/mol. The lowest BCUT2D eigenvalue weighted by Gasteiger charge is -2.53. The molecule has 1 spiro atoms. The molecule has 20 heavy (non-hydrogen) atoms. The summed E-state index contributed by atoms with van der Waals surface area (Å²) in [5.41, 5.74) is -0.0900. The van der Waals surface area contributed by atoms with Crippen LogP contribution in [0, 0.1) is 17.3 Å². The van der Waals surface area contributed by atoms with Gasteiger partial charge in [0, 0.05) is 12.3 Å². The third-order valence-electron chi connectivity index (χ3n) is 6.47. The van der Waals surface area contributed by atoms with Gasteiger partial charge >= 0.3 is 5.97 Å². The zero-order chi connectivity index (χ0) is 14.8. The molecule has 2 bridgehead atoms. The highest BCUT2D eigenvalue weighted by Gasteiger charge is 2.70. The van der Waals surface area contributed by atoms with Crippen LogP contribution < -0.4 is 0 Å². The minimum Gasteiger partial charge on any atom is -0.459 e. The molecule has 2 heterocycles. The molecule has 0 amide bonds. The van der Waals surface area contributed by atoms with Crippen LogP contribution in [0.1, 0.15) is 66.7 Å². The average molecular weight is 280 g/mol. The van der Waals surface area contributed by atoms with Crippen LogP contribution in [0.25, 0.3) is 0 Å². The van der Waals surface area contributed by atoms with Crippen LogP contribution in [-0.2, 0) is 14.3 Å². The summed E-state index contributed by atoms with van der Waals surface area (Å²) in [6.07, 6.45) is 5.48. The zero-order valence-corrected chi connectivity index (χ0v) is 13.5. The second-order valence-corrected chi connectivity index (χ2v) is 8.06. The molecule has 5 unspecified atom stereocenters. The number of hydrogen-bond acceptors (Lipinski definition) is 3. The van der Waals surface area contributed by atoms with E-state index in [1.165, 1.54) is 19.8 Å². The molecular formula is C17H28O3. The third-order valence-corrected chi connectivity index (χ3v) is 6.47. The Kier molecular flexibility index (Phi) is 3.03. The van der Waals surface area contributed by atoms with E-state index < -0.39 is 0 Å². The molecule has 3 heteroatoms. The van der Waals surface area contributed by atoms with Gasteiger partial charge in [-0.2, -0.15) is 0 Å². The summed E-state index contributed by atoms with van der Waals surface area (Å²) >= 11 is 0. The molecule has 0 radical (unpaired) electrons. The lowest BCUT2D eigenvalue weighted by atomic mass is 9.66. The van der Waals surface area contributed by atoms with Crippen molar-refractivity contribution in [2.45, 2.75) is 84.0 Å². The van der Waals surface area contributed by atoms with Crippen LogP contribution in [0.3, 0.4) is 0 Å². The van der Waals surface area contributed by atoms with Crippen molar-refractivity contribution < 1.29 is 14.3 Å². The van der Waals surface area contributed by atoms with Crippen molar-refractivity contribution in [2.24, 2.45) is 17.3 Å². The first-order valence-corrected chi connectivity index (χ1v) is 8.10. The summed E-state index contributed by atoms with van der Waals surface area (Å²) in [5.74, 6) is 1.12. The van der Waals surface area contributed by atoms with Gasteiger partial charge in [-0.05, 0) is 50.9 Å². The standard InChI is InChI=1S/C17H28O3/c1-11(2)13-6-7-15(4)10-14(19-12(3)18)16(5)8-9-17(13,15)20-16/h11,13-14H,6-10H2,1-5H3. The first-order chi connectivity index (χ1) is 9.22. The lowest BCUT2D eigenvalue weighted by molar-refractivity contribution is -0.252. The first-order valence-electron chi connectivity index (χ1n) is 8.10. The zero-order valence-electron chi connectivity index (χ0n) is 13.5. The highest BCUT2D eigenvalue weighted by molar-refractivity contribution is 5.66. The Balaban J connectivity index is 1.96. The molecule has 0 aromatic heterocycles. The smallest absolute Gasteiger partial charge is 0.303 e. The third kappa shape index (κ3) is 1.71. The Labute approximate surface area is 122 Å². The van der Waals surface area contributed by atoms with Crippen LogP contribution in [0.2, 0.25) is 0 Å². The number of carbonyl (C=O) groups is 1. The maximum Gasteiger partial charge on any atom is 0.303 e. The van der Waals surface area contributed by atoms with Gasteiger partial charge in [-0.15, -0.1) is 0 Å². The summed E-state index contributed by atoms with van der Waals surface area (Å²) < 4.78 is 12.3. The summed E-state index contributed by atoms with van der Waals surface area (Å²) in [4.78, 5) is 11.4. The normalized spacial score (nSPS) is 50.3. The number of hydrogen-bond donors (Lipinski definition) is 0. The minimum absolute atomic E-state index is 0.0204. The summed E-state index contributed by atoms with van der Waals surface area (Å²) in [6, 6.07) is 0. The number of fused-ring (bicyclic) bond motifs is 1. The van der Waals surface area contributed by atoms with Crippen LogP contribution in [0.5, 0.6) is 0 Å². The molecule has 3 nitrogen and oxygen atoms in total. The van der Waals surface area contributed by atoms with Crippen LogP contribution in [0.4, 0.5) is 0 Å². The Morgan fingerprint density at radius 3 is 2.55 bits per heavy atom. The molecule has 1 saturated carbocycles. The van der Waals surface area contributed by atoms with E-state index in [-0.39, 0.29) is 28.7 Å². The van der Waals surface area contributed by atoms with Crippen molar-refractivity contribution in [3.63, 3.8) is 0 Å². The van der Waals surface area contributed by atoms with Crippen LogP contribution >= 0.6 is 0 Å². The minimum atomic E-state index is -0.275. The van der Waals surface area contributed by atoms with Crippen molar-refractivity contribution >= 4 is 5.97 Å². The number of carbonyl (C=O) groups excluding carboxylic acids is 1. The van der Waals surface area contributed by atoms with E-state index in [1.54, 1.807) is 0 Å². The van der Waals surface area contributed by atoms with E-state index in [1.807, 2.05) is 0 Å². The molecule has 2 saturated heterocycles. The van der Waals surface area contributed by atoms with Gasteiger partial charge < -0.3 is 9.47 Å². The van der Waals surface area contributed by atoms with Gasteiger partial charge in [-0.25, -0.2) is 0 Å². The second-order valence-electron chi connectivity index (χ2n) is 8.06. The largest absolute Gasteiger partial charge is 0.459 e. The predicted octanol–water partition coefficient (Wildman–Crippen LogP) is 3.70. The molecule has 5 atom stereocenters. The van der Waals surface area contributed by atoms with Gasteiger partial charge in [0.15, 0.2) is 0 Å². The van der Waals surface area contributed by atoms with Crippen molar-refractivity contribution in [2.75, 3.05) is 0 Å². The summed E-state index contributed by atoms with van der Waals surface area (Å²) in [5, 5.41) is 0. The van der Waals surface area contributed by atoms with Crippen molar-refractivity contribution in [1.82, 2.24) is 0 Å². The maximum absolute atomic E-state index is 11.4. The number of esters is 1. The highest BCUT2D eigenvalue weighted by atomic mass is 16.6. The summed E-state index contributed by atoms with van der Waals surface area (Å²) in [7, 11) is 0. The Bertz CT molecular complexity index is 432. The second kappa shape index (κ2) is 4.22. The predicted molar refractivity (Wildman–Crippen MR) is 77.3 cm³/mol. The molecule has 0 N–H and O–H groups in total. The topological polar surface area (TPSA) is 35.5 Å². The van der Waals surface area contributed by atoms with E-state index in [9.17, 15) is 4.79 Å². The van der Waals surface area contributed by atoms with E-state index >= 15 is 0 Å². The van der Waals surface area contributed by atoms with Gasteiger partial charge in [0.1, 0.15) is 11.7 Å². The Morgan fingerprint density at radius 1 is 1.25 bits per heavy atom. The van der Waals surface area contributed by atoms with E-state index in [0.29, 0.717) is 11.8 Å². The molecule has 3 fully saturated rings. The van der Waals surface area contributed by atoms with Crippen molar-refractivity contribution in [1.29, 1.82) is 0 Å². The molecule has 0 aromatic carbocycles. The molecule has 2 aliphatic heterocycles. The van der Waals surface area contributed by atoms with Gasteiger partial charge in [-0.3, -0.25) is 4.79 Å². The van der Waals surface area contributed by atoms with Gasteiger partial charge in [0.05, 0.1) is 5.60 Å². The molecule has 1 aliphatic carbocycles. The monoisotopic (exact) mass is 280 g/mol. The Hall–Kier alpha value is -0.570. The van der Waals surface area contributed by atoms with Crippen LogP contribution in [0.15, 0.2) is 0 Å². The van der Waals surface area contributed by atoms with Gasteiger partial charge in [-0.1, -0.05) is 20.8 Å². The lowest BCUT2D eigenvalue weighted by Crippen LogP contribution is -2.59. The SMILES string of the molecule is CC(=O)OC1CC2(C)CCC(C(C)C)C23CCC1(C)O3. The molecule has 114 valence electrons. The number of ether oxygens (including phenoxy) is 2. The van der Waals surface area contributed by atoms with Gasteiger partial charge in [0.25, 0.3) is 0 Å². The van der Waals surface area contributed by atoms with Crippen molar-refractivity contribution in [3.8, 4) is 0 Å². The van der Waals surface area contributed by atoms with Gasteiger partial charge in [0.2, 0.25) is 0 Å². The summed E-state index contributed by atoms with van der Waals surface area (Å²) in [6.45, 7) is 10.7. The average Bonchev–Trinajstić information content (AvgIpc) is 2.78. The molecule has 0 aromatic rings. The first kappa shape index (κ1) is 14.4. The fraction of sp³-hybridized carbons (Fsp3) is 0.941. The fourth-order valence-corrected chi connectivity index (χ4v) is 5.37. The Morgan fingerprint density at radius 2 is 1.95 bits per heavy atom. The van der Waals surface area contributed by atoms with Crippen LogP contribution in [-0.4, -0.2) is 23.3 Å². The van der Waals surface area contributed by atoms with Crippen molar-refractivity contribution in [3.05, 3.63) is 0 Å². The molecule has 3 rings (SSSR count). The van der Waals surface area contributed by atoms with E-state index in [4.69, 9.17) is 9.47 Å². The van der Waals surface area contributed by atoms with E-state index in [0.717, 1.165) is 19.3 Å².